The van der Waals surface area contributed by atoms with Crippen molar-refractivity contribution in [2.24, 2.45) is 7.05 Å². The van der Waals surface area contributed by atoms with Gasteiger partial charge in [0.2, 0.25) is 5.88 Å². The van der Waals surface area contributed by atoms with E-state index in [4.69, 9.17) is 9.47 Å². The van der Waals surface area contributed by atoms with E-state index in [0.717, 1.165) is 22.2 Å². The number of pyridine rings is 1. The summed E-state index contributed by atoms with van der Waals surface area (Å²) in [5.41, 5.74) is 3.39. The molecular formula is C25H25FN4O3. The predicted molar refractivity (Wildman–Crippen MR) is 123 cm³/mol. The molecular weight excluding hydrogens is 423 g/mol. The van der Waals surface area contributed by atoms with Gasteiger partial charge in [0.05, 0.1) is 11.4 Å². The number of hydrogen-bond donors (Lipinski definition) is 1. The van der Waals surface area contributed by atoms with Crippen molar-refractivity contribution >= 4 is 16.9 Å². The lowest BCUT2D eigenvalue weighted by Gasteiger charge is -2.20. The van der Waals surface area contributed by atoms with Crippen LogP contribution >= 0.6 is 0 Å². The van der Waals surface area contributed by atoms with Gasteiger partial charge in [-0.3, -0.25) is 4.79 Å². The van der Waals surface area contributed by atoms with E-state index in [-0.39, 0.29) is 24.9 Å². The van der Waals surface area contributed by atoms with Crippen LogP contribution in [0.4, 0.5) is 4.39 Å². The summed E-state index contributed by atoms with van der Waals surface area (Å²) in [6, 6.07) is 17.0. The Morgan fingerprint density at radius 3 is 2.58 bits per heavy atom. The molecule has 1 unspecified atom stereocenters. The van der Waals surface area contributed by atoms with Crippen molar-refractivity contribution in [1.82, 2.24) is 20.1 Å². The van der Waals surface area contributed by atoms with Crippen LogP contribution in [0.3, 0.4) is 0 Å². The number of para-hydroxylation sites is 1. The van der Waals surface area contributed by atoms with Gasteiger partial charge in [-0.1, -0.05) is 42.5 Å². The molecule has 0 saturated carbocycles. The minimum atomic E-state index is -0.492. The van der Waals surface area contributed by atoms with E-state index in [9.17, 15) is 9.18 Å². The summed E-state index contributed by atoms with van der Waals surface area (Å²) in [7, 11) is 1.78. The first-order valence-electron chi connectivity index (χ1n) is 10.6. The van der Waals surface area contributed by atoms with Gasteiger partial charge in [-0.05, 0) is 43.2 Å². The highest BCUT2D eigenvalue weighted by molar-refractivity contribution is 5.85. The molecule has 0 saturated heterocycles. The zero-order chi connectivity index (χ0) is 23.4. The normalized spacial score (nSPS) is 11.9. The molecule has 0 aliphatic carbocycles. The summed E-state index contributed by atoms with van der Waals surface area (Å²) >= 11 is 0. The minimum absolute atomic E-state index is 0.0610. The zero-order valence-electron chi connectivity index (χ0n) is 18.7. The maximum Gasteiger partial charge on any atom is 0.258 e. The number of nitrogens with one attached hydrogen (secondary N) is 1. The number of hydrogen-bond acceptors (Lipinski definition) is 5. The summed E-state index contributed by atoms with van der Waals surface area (Å²) in [5, 5.41) is 8.06. The average molecular weight is 448 g/mol. The Kier molecular flexibility index (Phi) is 6.53. The van der Waals surface area contributed by atoms with E-state index in [0.29, 0.717) is 11.5 Å². The van der Waals surface area contributed by atoms with Gasteiger partial charge in [-0.25, -0.2) is 14.1 Å². The van der Waals surface area contributed by atoms with Gasteiger partial charge in [-0.15, -0.1) is 5.10 Å². The number of halogens is 1. The molecule has 1 N–H and O–H groups in total. The standard InChI is InChI=1S/C25H25FN4O3/c1-16-13-17(2)27-24-23(16)25(29-30(24)3)33-15-22(31)28-20(18-9-5-4-6-10-18)14-32-21-12-8-7-11-19(21)26/h4-13,20H,14-15H2,1-3H3,(H,28,31). The number of carbonyl (C=O) groups excluding carboxylic acids is 1. The molecule has 2 aromatic carbocycles. The van der Waals surface area contributed by atoms with Gasteiger partial charge in [0.1, 0.15) is 6.61 Å². The largest absolute Gasteiger partial charge is 0.488 e. The summed E-state index contributed by atoms with van der Waals surface area (Å²) in [4.78, 5) is 17.2. The first-order chi connectivity index (χ1) is 15.9. The lowest BCUT2D eigenvalue weighted by atomic mass is 10.1. The molecule has 2 aromatic heterocycles. The molecule has 1 atom stereocenters. The number of benzene rings is 2. The second-order valence-corrected chi connectivity index (χ2v) is 7.77. The van der Waals surface area contributed by atoms with Gasteiger partial charge >= 0.3 is 0 Å². The Balaban J connectivity index is 1.46. The molecule has 2 heterocycles. The summed E-state index contributed by atoms with van der Waals surface area (Å²) in [5.74, 6) is -0.327. The molecule has 0 fully saturated rings. The number of rotatable bonds is 8. The Hall–Kier alpha value is -3.94. The van der Waals surface area contributed by atoms with Crippen molar-refractivity contribution in [2.75, 3.05) is 13.2 Å². The van der Waals surface area contributed by atoms with Crippen LogP contribution in [0.5, 0.6) is 11.6 Å². The second-order valence-electron chi connectivity index (χ2n) is 7.77. The van der Waals surface area contributed by atoms with Crippen molar-refractivity contribution in [3.05, 3.63) is 83.3 Å². The van der Waals surface area contributed by atoms with Crippen LogP contribution in [-0.4, -0.2) is 33.9 Å². The summed E-state index contributed by atoms with van der Waals surface area (Å²) in [6.07, 6.45) is 0. The third-order valence-electron chi connectivity index (χ3n) is 5.21. The Bertz CT molecular complexity index is 1270. The van der Waals surface area contributed by atoms with Gasteiger partial charge in [0.15, 0.2) is 23.8 Å². The fourth-order valence-electron chi connectivity index (χ4n) is 3.66. The van der Waals surface area contributed by atoms with Crippen LogP contribution in [0.15, 0.2) is 60.7 Å². The molecule has 0 aliphatic heterocycles. The third kappa shape index (κ3) is 5.11. The SMILES string of the molecule is Cc1cc(C)c2c(OCC(=O)NC(COc3ccccc3F)c3ccccc3)nn(C)c2n1. The number of aromatic nitrogens is 3. The minimum Gasteiger partial charge on any atom is -0.488 e. The smallest absolute Gasteiger partial charge is 0.258 e. The van der Waals surface area contributed by atoms with E-state index in [1.807, 2.05) is 50.2 Å². The number of fused-ring (bicyclic) bond motifs is 1. The van der Waals surface area contributed by atoms with Gasteiger partial charge in [0, 0.05) is 12.7 Å². The summed E-state index contributed by atoms with van der Waals surface area (Å²) < 4.78 is 27.0. The average Bonchev–Trinajstić information content (AvgIpc) is 3.12. The van der Waals surface area contributed by atoms with E-state index < -0.39 is 11.9 Å². The van der Waals surface area contributed by atoms with Crippen LogP contribution in [0.25, 0.3) is 11.0 Å². The molecule has 0 bridgehead atoms. The lowest BCUT2D eigenvalue weighted by Crippen LogP contribution is -2.35. The van der Waals surface area contributed by atoms with Crippen LogP contribution in [0.2, 0.25) is 0 Å². The Morgan fingerprint density at radius 2 is 1.82 bits per heavy atom. The van der Waals surface area contributed by atoms with Gasteiger partial charge in [0.25, 0.3) is 5.91 Å². The highest BCUT2D eigenvalue weighted by Gasteiger charge is 2.19. The van der Waals surface area contributed by atoms with Gasteiger partial charge < -0.3 is 14.8 Å². The van der Waals surface area contributed by atoms with Gasteiger partial charge in [-0.2, -0.15) is 0 Å². The first kappa shape index (κ1) is 22.3. The molecule has 4 aromatic rings. The molecule has 8 heteroatoms. The van der Waals surface area contributed by atoms with E-state index in [2.05, 4.69) is 15.4 Å². The third-order valence-corrected chi connectivity index (χ3v) is 5.21. The molecule has 4 rings (SSSR count). The van der Waals surface area contributed by atoms with Crippen LogP contribution in [0.1, 0.15) is 22.9 Å². The molecule has 7 nitrogen and oxygen atoms in total. The van der Waals surface area contributed by atoms with Crippen molar-refractivity contribution < 1.29 is 18.7 Å². The quantitative estimate of drug-likeness (QED) is 0.440. The second kappa shape index (κ2) is 9.68. The number of aryl methyl sites for hydroxylation is 3. The van der Waals surface area contributed by atoms with Crippen molar-refractivity contribution in [3.63, 3.8) is 0 Å². The molecule has 1 amide bonds. The van der Waals surface area contributed by atoms with E-state index >= 15 is 0 Å². The van der Waals surface area contributed by atoms with Crippen LogP contribution in [0, 0.1) is 19.7 Å². The lowest BCUT2D eigenvalue weighted by molar-refractivity contribution is -0.124. The van der Waals surface area contributed by atoms with E-state index in [1.165, 1.54) is 6.07 Å². The molecule has 0 spiro atoms. The zero-order valence-corrected chi connectivity index (χ0v) is 18.7. The van der Waals surface area contributed by atoms with E-state index in [1.54, 1.807) is 29.9 Å². The number of amides is 1. The van der Waals surface area contributed by atoms with Crippen molar-refractivity contribution in [1.29, 1.82) is 0 Å². The maximum absolute atomic E-state index is 14.0. The monoisotopic (exact) mass is 448 g/mol. The first-order valence-corrected chi connectivity index (χ1v) is 10.6. The molecule has 0 radical (unpaired) electrons. The van der Waals surface area contributed by atoms with Crippen LogP contribution in [-0.2, 0) is 11.8 Å². The van der Waals surface area contributed by atoms with Crippen molar-refractivity contribution in [3.8, 4) is 11.6 Å². The number of carbonyl (C=O) groups is 1. The Morgan fingerprint density at radius 1 is 1.09 bits per heavy atom. The fourth-order valence-corrected chi connectivity index (χ4v) is 3.66. The molecule has 0 aliphatic rings. The molecule has 170 valence electrons. The Labute approximate surface area is 191 Å². The highest BCUT2D eigenvalue weighted by atomic mass is 19.1. The van der Waals surface area contributed by atoms with Crippen molar-refractivity contribution in [2.45, 2.75) is 19.9 Å². The number of ether oxygens (including phenoxy) is 2. The number of nitrogens with zero attached hydrogens (tertiary/aromatic N) is 3. The van der Waals surface area contributed by atoms with Crippen LogP contribution < -0.4 is 14.8 Å². The fraction of sp³-hybridized carbons (Fsp3) is 0.240. The topological polar surface area (TPSA) is 78.3 Å². The molecule has 33 heavy (non-hydrogen) atoms. The maximum atomic E-state index is 14.0. The summed E-state index contributed by atoms with van der Waals surface area (Å²) in [6.45, 7) is 3.70. The predicted octanol–water partition coefficient (Wildman–Crippen LogP) is 4.04. The highest BCUT2D eigenvalue weighted by Crippen LogP contribution is 2.27.